The van der Waals surface area contributed by atoms with Crippen LogP contribution in [0.25, 0.3) is 5.69 Å². The third-order valence-electron chi connectivity index (χ3n) is 5.73. The second-order valence-corrected chi connectivity index (χ2v) is 11.8. The van der Waals surface area contributed by atoms with Crippen molar-refractivity contribution in [2.24, 2.45) is 5.41 Å². The van der Waals surface area contributed by atoms with E-state index in [-0.39, 0.29) is 49.5 Å². The molecule has 0 atom stereocenters. The van der Waals surface area contributed by atoms with Crippen LogP contribution in [0.2, 0.25) is 10.0 Å². The predicted octanol–water partition coefficient (Wildman–Crippen LogP) is 3.83. The maximum atomic E-state index is 13.1. The van der Waals surface area contributed by atoms with E-state index in [2.05, 4.69) is 14.8 Å². The van der Waals surface area contributed by atoms with Crippen LogP contribution in [-0.2, 0) is 10.0 Å². The highest BCUT2D eigenvalue weighted by Gasteiger charge is 2.39. The molecule has 1 saturated carbocycles. The number of hydrogen-bond donors (Lipinski definition) is 2. The number of benzene rings is 1. The van der Waals surface area contributed by atoms with Crippen LogP contribution >= 0.6 is 23.2 Å². The van der Waals surface area contributed by atoms with Gasteiger partial charge in [0.25, 0.3) is 12.0 Å². The van der Waals surface area contributed by atoms with Gasteiger partial charge in [-0.2, -0.15) is 9.78 Å². The first-order chi connectivity index (χ1) is 17.7. The molecule has 0 aliphatic heterocycles. The quantitative estimate of drug-likeness (QED) is 0.402. The SMILES string of the molecule is COc1cnc(Oc2c(Cl)cc(-n3nc(C(F)F)c(=O)[nH]c3=O)cc2Cl)cc1S(=O)(=O)NC1CC(C)(C)C1. The van der Waals surface area contributed by atoms with Crippen LogP contribution in [-0.4, -0.2) is 41.3 Å². The number of ether oxygens (including phenoxy) is 2. The molecule has 2 N–H and O–H groups in total. The van der Waals surface area contributed by atoms with Gasteiger partial charge in [-0.15, -0.1) is 0 Å². The molecule has 1 aromatic carbocycles. The summed E-state index contributed by atoms with van der Waals surface area (Å²) in [7, 11) is -2.71. The van der Waals surface area contributed by atoms with Crippen LogP contribution < -0.4 is 25.4 Å². The third-order valence-corrected chi connectivity index (χ3v) is 7.83. The zero-order valence-corrected chi connectivity index (χ0v) is 22.4. The number of aromatic amines is 1. The number of alkyl halides is 2. The fourth-order valence-corrected chi connectivity index (χ4v) is 6.01. The van der Waals surface area contributed by atoms with Gasteiger partial charge in [-0.25, -0.2) is 31.7 Å². The Kier molecular flexibility index (Phi) is 7.54. The first-order valence-corrected chi connectivity index (χ1v) is 13.2. The molecular weight excluding hydrogens is 571 g/mol. The Morgan fingerprint density at radius 1 is 1.18 bits per heavy atom. The van der Waals surface area contributed by atoms with Gasteiger partial charge in [-0.1, -0.05) is 37.0 Å². The molecule has 2 aromatic heterocycles. The van der Waals surface area contributed by atoms with E-state index in [9.17, 15) is 26.8 Å². The van der Waals surface area contributed by atoms with Crippen molar-refractivity contribution in [3.63, 3.8) is 0 Å². The molecule has 0 unspecified atom stereocenters. The molecule has 0 radical (unpaired) electrons. The van der Waals surface area contributed by atoms with E-state index >= 15 is 0 Å². The molecule has 0 saturated heterocycles. The van der Waals surface area contributed by atoms with Gasteiger partial charge in [0.05, 0.1) is 29.0 Å². The number of nitrogens with one attached hydrogen (secondary N) is 2. The number of H-pyrrole nitrogens is 1. The van der Waals surface area contributed by atoms with Gasteiger partial charge < -0.3 is 9.47 Å². The summed E-state index contributed by atoms with van der Waals surface area (Å²) in [5, 5.41) is 3.01. The van der Waals surface area contributed by atoms with E-state index in [4.69, 9.17) is 32.7 Å². The molecule has 204 valence electrons. The monoisotopic (exact) mass is 591 g/mol. The number of nitrogens with zero attached hydrogens (tertiary/aromatic N) is 3. The van der Waals surface area contributed by atoms with Gasteiger partial charge >= 0.3 is 5.69 Å². The van der Waals surface area contributed by atoms with Crippen molar-refractivity contribution in [2.75, 3.05) is 7.11 Å². The summed E-state index contributed by atoms with van der Waals surface area (Å²) in [5.41, 5.74) is -3.71. The van der Waals surface area contributed by atoms with Crippen LogP contribution in [0.5, 0.6) is 17.4 Å². The Hall–Kier alpha value is -3.07. The Labute approximate surface area is 224 Å². The number of aromatic nitrogens is 4. The molecule has 0 amide bonds. The molecule has 0 spiro atoms. The zero-order chi connectivity index (χ0) is 28.0. The minimum Gasteiger partial charge on any atom is -0.494 e. The van der Waals surface area contributed by atoms with Crippen LogP contribution in [0.3, 0.4) is 0 Å². The van der Waals surface area contributed by atoms with E-state index in [0.717, 1.165) is 24.4 Å². The summed E-state index contributed by atoms with van der Waals surface area (Å²) in [4.78, 5) is 29.3. The normalized spacial score (nSPS) is 15.4. The molecule has 3 aromatic rings. The second kappa shape index (κ2) is 10.2. The number of hydrogen-bond acceptors (Lipinski definition) is 8. The van der Waals surface area contributed by atoms with Crippen molar-refractivity contribution in [3.05, 3.63) is 61.0 Å². The third kappa shape index (κ3) is 5.67. The number of sulfonamides is 1. The lowest BCUT2D eigenvalue weighted by Crippen LogP contribution is -2.48. The predicted molar refractivity (Wildman–Crippen MR) is 133 cm³/mol. The van der Waals surface area contributed by atoms with Crippen molar-refractivity contribution in [3.8, 4) is 23.1 Å². The number of halogens is 4. The molecule has 11 nitrogen and oxygen atoms in total. The Morgan fingerprint density at radius 3 is 2.37 bits per heavy atom. The average molecular weight is 592 g/mol. The summed E-state index contributed by atoms with van der Waals surface area (Å²) in [6, 6.07) is 3.16. The molecule has 2 heterocycles. The van der Waals surface area contributed by atoms with Crippen molar-refractivity contribution < 1.29 is 26.7 Å². The number of rotatable bonds is 8. The fourth-order valence-electron chi connectivity index (χ4n) is 4.07. The smallest absolute Gasteiger partial charge is 0.349 e. The maximum Gasteiger partial charge on any atom is 0.349 e. The lowest BCUT2D eigenvalue weighted by Gasteiger charge is -2.42. The Morgan fingerprint density at radius 2 is 1.82 bits per heavy atom. The minimum atomic E-state index is -4.01. The lowest BCUT2D eigenvalue weighted by molar-refractivity contribution is 0.141. The van der Waals surface area contributed by atoms with Crippen LogP contribution in [0.1, 0.15) is 38.8 Å². The first-order valence-electron chi connectivity index (χ1n) is 11.0. The maximum absolute atomic E-state index is 13.1. The van der Waals surface area contributed by atoms with Gasteiger partial charge in [-0.3, -0.25) is 9.78 Å². The van der Waals surface area contributed by atoms with Gasteiger partial charge in [0, 0.05) is 12.1 Å². The second-order valence-electron chi connectivity index (χ2n) is 9.26. The van der Waals surface area contributed by atoms with Crippen LogP contribution in [0.4, 0.5) is 8.78 Å². The molecule has 4 rings (SSSR count). The average Bonchev–Trinajstić information content (AvgIpc) is 2.79. The standard InChI is InChI=1S/C22H21Cl2F2N5O6S/c1-22(2)7-10(8-22)30-38(34,35)15-6-16(27-9-14(15)36-3)37-18-12(23)4-11(5-13(18)24)31-21(33)28-20(32)17(29-31)19(25)26/h4-6,9-10,19,30H,7-8H2,1-3H3,(H,28,32,33). The van der Waals surface area contributed by atoms with Crippen LogP contribution in [0.15, 0.2) is 38.9 Å². The number of pyridine rings is 1. The van der Waals surface area contributed by atoms with E-state index in [1.54, 1.807) is 4.98 Å². The van der Waals surface area contributed by atoms with Gasteiger partial charge in [0.2, 0.25) is 15.9 Å². The fraction of sp³-hybridized carbons (Fsp3) is 0.364. The molecule has 1 aliphatic carbocycles. The van der Waals surface area contributed by atoms with E-state index in [1.165, 1.54) is 7.11 Å². The van der Waals surface area contributed by atoms with Crippen molar-refractivity contribution in [2.45, 2.75) is 44.1 Å². The highest BCUT2D eigenvalue weighted by Crippen LogP contribution is 2.42. The van der Waals surface area contributed by atoms with Crippen molar-refractivity contribution >= 4 is 33.2 Å². The highest BCUT2D eigenvalue weighted by molar-refractivity contribution is 7.89. The van der Waals surface area contributed by atoms with Gasteiger partial charge in [0.1, 0.15) is 4.90 Å². The molecular formula is C22H21Cl2F2N5O6S. The molecule has 1 aliphatic rings. The van der Waals surface area contributed by atoms with Crippen molar-refractivity contribution in [1.29, 1.82) is 0 Å². The Bertz CT molecular complexity index is 1600. The highest BCUT2D eigenvalue weighted by atomic mass is 35.5. The molecule has 1 fully saturated rings. The van der Waals surface area contributed by atoms with E-state index < -0.39 is 33.4 Å². The molecule has 0 bridgehead atoms. The van der Waals surface area contributed by atoms with E-state index in [0.29, 0.717) is 17.5 Å². The Balaban J connectivity index is 1.66. The van der Waals surface area contributed by atoms with Gasteiger partial charge in [0.15, 0.2) is 17.2 Å². The minimum absolute atomic E-state index is 0.0191. The van der Waals surface area contributed by atoms with E-state index in [1.807, 2.05) is 13.8 Å². The summed E-state index contributed by atoms with van der Waals surface area (Å²) in [5.74, 6) is -0.385. The zero-order valence-electron chi connectivity index (χ0n) is 20.1. The first kappa shape index (κ1) is 28.0. The van der Waals surface area contributed by atoms with Crippen molar-refractivity contribution in [1.82, 2.24) is 24.5 Å². The molecule has 38 heavy (non-hydrogen) atoms. The largest absolute Gasteiger partial charge is 0.494 e. The number of methoxy groups -OCH3 is 1. The topological polar surface area (TPSA) is 145 Å². The van der Waals surface area contributed by atoms with Gasteiger partial charge in [-0.05, 0) is 30.4 Å². The van der Waals surface area contributed by atoms with Crippen LogP contribution in [0, 0.1) is 5.41 Å². The summed E-state index contributed by atoms with van der Waals surface area (Å²) >= 11 is 12.5. The summed E-state index contributed by atoms with van der Waals surface area (Å²) in [6.45, 7) is 4.08. The summed E-state index contributed by atoms with van der Waals surface area (Å²) in [6.07, 6.45) is -0.740. The summed E-state index contributed by atoms with van der Waals surface area (Å²) < 4.78 is 66.2. The lowest BCUT2D eigenvalue weighted by atomic mass is 9.69. The molecule has 16 heteroatoms.